The molecule has 0 aliphatic carbocycles. The first-order chi connectivity index (χ1) is 14.9. The van der Waals surface area contributed by atoms with Gasteiger partial charge in [-0.15, -0.1) is 0 Å². The Kier molecular flexibility index (Phi) is 8.84. The maximum Gasteiger partial charge on any atom is 0.338 e. The lowest BCUT2D eigenvalue weighted by atomic mass is 10.2. The lowest BCUT2D eigenvalue weighted by molar-refractivity contribution is -0.118. The topological polar surface area (TPSA) is 141 Å². The Morgan fingerprint density at radius 3 is 2.39 bits per heavy atom. The summed E-state index contributed by atoms with van der Waals surface area (Å²) in [7, 11) is 0. The summed E-state index contributed by atoms with van der Waals surface area (Å²) in [5.74, 6) is -0.0273. The summed E-state index contributed by atoms with van der Waals surface area (Å²) in [6.07, 6.45) is 1.39. The van der Waals surface area contributed by atoms with Crippen LogP contribution < -0.4 is 25.9 Å². The van der Waals surface area contributed by atoms with Crippen molar-refractivity contribution in [2.75, 3.05) is 25.1 Å². The number of urea groups is 1. The standard InChI is InChI=1S/C21H24N4O6/c1-3-29-18-11-14(12-23-25-21(22)28)5-10-17(18)31-13-19(26)24-16-8-6-15(7-9-16)20(27)30-4-2/h5-12H,3-4,13H2,1-2H3,(H,24,26)(H3,22,25,28). The number of nitrogens with two attached hydrogens (primary N) is 1. The second kappa shape index (κ2) is 11.8. The lowest BCUT2D eigenvalue weighted by Gasteiger charge is -2.13. The molecular weight excluding hydrogens is 404 g/mol. The number of carbonyl (C=O) groups excluding carboxylic acids is 3. The van der Waals surface area contributed by atoms with Gasteiger partial charge in [-0.2, -0.15) is 5.10 Å². The van der Waals surface area contributed by atoms with Gasteiger partial charge in [0.05, 0.1) is 25.0 Å². The average Bonchev–Trinajstić information content (AvgIpc) is 2.74. The molecule has 0 fully saturated rings. The molecule has 0 bridgehead atoms. The van der Waals surface area contributed by atoms with Crippen molar-refractivity contribution in [1.29, 1.82) is 0 Å². The predicted molar refractivity (Wildman–Crippen MR) is 114 cm³/mol. The number of ether oxygens (including phenoxy) is 3. The van der Waals surface area contributed by atoms with Gasteiger partial charge in [-0.05, 0) is 61.9 Å². The minimum atomic E-state index is -0.775. The fourth-order valence-corrected chi connectivity index (χ4v) is 2.41. The van der Waals surface area contributed by atoms with E-state index in [1.165, 1.54) is 6.21 Å². The molecule has 0 atom stereocenters. The van der Waals surface area contributed by atoms with Crippen LogP contribution in [0.5, 0.6) is 11.5 Å². The second-order valence-electron chi connectivity index (χ2n) is 6.01. The van der Waals surface area contributed by atoms with E-state index in [1.807, 2.05) is 6.92 Å². The normalized spacial score (nSPS) is 10.4. The van der Waals surface area contributed by atoms with Gasteiger partial charge in [-0.1, -0.05) is 0 Å². The van der Waals surface area contributed by atoms with Gasteiger partial charge in [-0.3, -0.25) is 4.79 Å². The van der Waals surface area contributed by atoms with Crippen molar-refractivity contribution >= 4 is 29.8 Å². The minimum Gasteiger partial charge on any atom is -0.490 e. The molecule has 10 nitrogen and oxygen atoms in total. The molecule has 0 heterocycles. The minimum absolute atomic E-state index is 0.254. The van der Waals surface area contributed by atoms with E-state index >= 15 is 0 Å². The van der Waals surface area contributed by atoms with Crippen LogP contribution in [0.1, 0.15) is 29.8 Å². The largest absolute Gasteiger partial charge is 0.490 e. The Morgan fingerprint density at radius 1 is 1.00 bits per heavy atom. The number of hydrogen-bond acceptors (Lipinski definition) is 7. The molecule has 31 heavy (non-hydrogen) atoms. The maximum atomic E-state index is 12.2. The molecule has 0 radical (unpaired) electrons. The van der Waals surface area contributed by atoms with E-state index < -0.39 is 12.0 Å². The average molecular weight is 428 g/mol. The highest BCUT2D eigenvalue weighted by Crippen LogP contribution is 2.28. The fraction of sp³-hybridized carbons (Fsp3) is 0.238. The Hall–Kier alpha value is -4.08. The molecule has 2 aromatic rings. The zero-order valence-corrected chi connectivity index (χ0v) is 17.2. The molecule has 4 N–H and O–H groups in total. The zero-order valence-electron chi connectivity index (χ0n) is 17.2. The summed E-state index contributed by atoms with van der Waals surface area (Å²) in [6.45, 7) is 3.96. The van der Waals surface area contributed by atoms with Crippen LogP contribution in [-0.2, 0) is 9.53 Å². The van der Waals surface area contributed by atoms with Crippen LogP contribution >= 0.6 is 0 Å². The molecule has 3 amide bonds. The van der Waals surface area contributed by atoms with Crippen LogP contribution in [0, 0.1) is 0 Å². The first-order valence-corrected chi connectivity index (χ1v) is 9.48. The summed E-state index contributed by atoms with van der Waals surface area (Å²) in [4.78, 5) is 34.5. The van der Waals surface area contributed by atoms with Crippen molar-refractivity contribution in [1.82, 2.24) is 5.43 Å². The monoisotopic (exact) mass is 428 g/mol. The predicted octanol–water partition coefficient (Wildman–Crippen LogP) is 2.28. The van der Waals surface area contributed by atoms with Crippen LogP contribution in [0.25, 0.3) is 0 Å². The second-order valence-corrected chi connectivity index (χ2v) is 6.01. The van der Waals surface area contributed by atoms with Crippen LogP contribution in [0.15, 0.2) is 47.6 Å². The molecule has 0 spiro atoms. The van der Waals surface area contributed by atoms with Crippen LogP contribution in [0.2, 0.25) is 0 Å². The number of hydrogen-bond donors (Lipinski definition) is 3. The van der Waals surface area contributed by atoms with Crippen molar-refractivity contribution < 1.29 is 28.6 Å². The SMILES string of the molecule is CCOC(=O)c1ccc(NC(=O)COc2ccc(C=NNC(N)=O)cc2OCC)cc1. The maximum absolute atomic E-state index is 12.2. The molecular formula is C21H24N4O6. The van der Waals surface area contributed by atoms with E-state index in [1.54, 1.807) is 49.4 Å². The van der Waals surface area contributed by atoms with Gasteiger partial charge in [0.1, 0.15) is 0 Å². The van der Waals surface area contributed by atoms with Gasteiger partial charge in [0.25, 0.3) is 5.91 Å². The Balaban J connectivity index is 1.96. The van der Waals surface area contributed by atoms with E-state index in [2.05, 4.69) is 15.8 Å². The molecule has 0 aromatic heterocycles. The molecule has 0 unspecified atom stereocenters. The fourth-order valence-electron chi connectivity index (χ4n) is 2.41. The van der Waals surface area contributed by atoms with Crippen molar-refractivity contribution in [3.8, 4) is 11.5 Å². The summed E-state index contributed by atoms with van der Waals surface area (Å²) in [5, 5.41) is 6.36. The van der Waals surface area contributed by atoms with Gasteiger partial charge in [0.2, 0.25) is 0 Å². The smallest absolute Gasteiger partial charge is 0.338 e. The highest BCUT2D eigenvalue weighted by Gasteiger charge is 2.10. The first-order valence-electron chi connectivity index (χ1n) is 9.48. The van der Waals surface area contributed by atoms with Crippen LogP contribution in [0.3, 0.4) is 0 Å². The van der Waals surface area contributed by atoms with Gasteiger partial charge in [0.15, 0.2) is 18.1 Å². The van der Waals surface area contributed by atoms with E-state index in [4.69, 9.17) is 19.9 Å². The zero-order chi connectivity index (χ0) is 22.6. The van der Waals surface area contributed by atoms with Crippen molar-refractivity contribution in [2.45, 2.75) is 13.8 Å². The summed E-state index contributed by atoms with van der Waals surface area (Å²) in [5.41, 5.74) is 8.59. The van der Waals surface area contributed by atoms with E-state index in [0.717, 1.165) is 0 Å². The number of anilines is 1. The number of benzene rings is 2. The number of rotatable bonds is 10. The van der Waals surface area contributed by atoms with E-state index in [-0.39, 0.29) is 19.1 Å². The molecule has 0 aliphatic rings. The Bertz CT molecular complexity index is 943. The molecule has 0 aliphatic heterocycles. The summed E-state index contributed by atoms with van der Waals surface area (Å²) >= 11 is 0. The van der Waals surface area contributed by atoms with Crippen LogP contribution in [-0.4, -0.2) is 43.9 Å². The third-order valence-electron chi connectivity index (χ3n) is 3.69. The molecule has 164 valence electrons. The number of amides is 3. The van der Waals surface area contributed by atoms with Gasteiger partial charge in [-0.25, -0.2) is 15.0 Å². The quantitative estimate of drug-likeness (QED) is 0.301. The highest BCUT2D eigenvalue weighted by atomic mass is 16.5. The number of esters is 1. The molecule has 2 rings (SSSR count). The van der Waals surface area contributed by atoms with E-state index in [9.17, 15) is 14.4 Å². The Morgan fingerprint density at radius 2 is 1.74 bits per heavy atom. The summed E-state index contributed by atoms with van der Waals surface area (Å²) < 4.78 is 16.0. The Labute approximate surface area is 179 Å². The number of hydrazone groups is 1. The third kappa shape index (κ3) is 7.69. The number of carbonyl (C=O) groups is 3. The highest BCUT2D eigenvalue weighted by molar-refractivity contribution is 5.93. The molecule has 0 saturated carbocycles. The molecule has 0 saturated heterocycles. The van der Waals surface area contributed by atoms with Gasteiger partial charge in [0, 0.05) is 5.69 Å². The molecule has 10 heteroatoms. The number of nitrogens with one attached hydrogen (secondary N) is 2. The van der Waals surface area contributed by atoms with Crippen molar-refractivity contribution in [3.63, 3.8) is 0 Å². The van der Waals surface area contributed by atoms with E-state index in [0.29, 0.717) is 34.9 Å². The van der Waals surface area contributed by atoms with Crippen molar-refractivity contribution in [3.05, 3.63) is 53.6 Å². The van der Waals surface area contributed by atoms with Gasteiger partial charge < -0.3 is 25.3 Å². The van der Waals surface area contributed by atoms with Crippen molar-refractivity contribution in [2.24, 2.45) is 10.8 Å². The summed E-state index contributed by atoms with van der Waals surface area (Å²) in [6, 6.07) is 10.5. The molecule has 2 aromatic carbocycles. The van der Waals surface area contributed by atoms with Crippen LogP contribution in [0.4, 0.5) is 10.5 Å². The van der Waals surface area contributed by atoms with Gasteiger partial charge >= 0.3 is 12.0 Å². The lowest BCUT2D eigenvalue weighted by Crippen LogP contribution is -2.24. The third-order valence-corrected chi connectivity index (χ3v) is 3.69. The number of nitrogens with zero attached hydrogens (tertiary/aromatic N) is 1. The number of primary amides is 1. The first kappa shape index (κ1) is 23.2.